The van der Waals surface area contributed by atoms with E-state index in [0.29, 0.717) is 59.0 Å². The van der Waals surface area contributed by atoms with Gasteiger partial charge in [0.2, 0.25) is 0 Å². The zero-order valence-electron chi connectivity index (χ0n) is 22.7. The first kappa shape index (κ1) is 27.4. The normalized spacial score (nSPS) is 14.9. The van der Waals surface area contributed by atoms with Gasteiger partial charge in [0.15, 0.2) is 0 Å². The standard InChI is InChI=1S/C33H33ClN4O2/c1-3-39-32-17-29-27(16-30(32)36-19-23-10-5-4-6-11-23)33(25(18-35)20-37-29)38-26-13-14-31(28(34)15-26)40-21-24-12-8-7-9-22(24)2/h4-6,10-11,13-17,20,24,36H,2-3,7-9,12,19,21H2,1H3,(H,37,38). The second kappa shape index (κ2) is 12.8. The van der Waals surface area contributed by atoms with E-state index in [4.69, 9.17) is 21.1 Å². The lowest BCUT2D eigenvalue weighted by atomic mass is 9.86. The summed E-state index contributed by atoms with van der Waals surface area (Å²) >= 11 is 6.63. The van der Waals surface area contributed by atoms with E-state index in [-0.39, 0.29) is 0 Å². The van der Waals surface area contributed by atoms with Crippen molar-refractivity contribution >= 4 is 39.6 Å². The second-order valence-electron chi connectivity index (χ2n) is 9.98. The molecule has 1 saturated carbocycles. The number of halogens is 1. The largest absolute Gasteiger partial charge is 0.492 e. The maximum absolute atomic E-state index is 9.91. The molecule has 0 amide bonds. The quantitative estimate of drug-likeness (QED) is 0.192. The van der Waals surface area contributed by atoms with Gasteiger partial charge in [-0.3, -0.25) is 4.98 Å². The number of ether oxygens (including phenoxy) is 2. The molecule has 5 rings (SSSR count). The lowest BCUT2D eigenvalue weighted by Gasteiger charge is -2.24. The van der Waals surface area contributed by atoms with E-state index in [1.807, 2.05) is 55.5 Å². The van der Waals surface area contributed by atoms with Gasteiger partial charge in [-0.05, 0) is 56.0 Å². The van der Waals surface area contributed by atoms with Crippen LogP contribution in [0.3, 0.4) is 0 Å². The molecule has 1 heterocycles. The van der Waals surface area contributed by atoms with Gasteiger partial charge in [0.05, 0.1) is 40.7 Å². The lowest BCUT2D eigenvalue weighted by molar-refractivity contribution is 0.246. The number of aromatic nitrogens is 1. The monoisotopic (exact) mass is 552 g/mol. The van der Waals surface area contributed by atoms with Crippen LogP contribution in [0.2, 0.25) is 5.02 Å². The molecular formula is C33H33ClN4O2. The molecule has 1 unspecified atom stereocenters. The van der Waals surface area contributed by atoms with Gasteiger partial charge < -0.3 is 20.1 Å². The highest BCUT2D eigenvalue weighted by atomic mass is 35.5. The molecule has 3 aromatic carbocycles. The number of nitrogens with zero attached hydrogens (tertiary/aromatic N) is 2. The highest BCUT2D eigenvalue weighted by molar-refractivity contribution is 6.32. The number of fused-ring (bicyclic) bond motifs is 1. The number of rotatable bonds is 10. The number of hydrogen-bond acceptors (Lipinski definition) is 6. The molecule has 40 heavy (non-hydrogen) atoms. The summed E-state index contributed by atoms with van der Waals surface area (Å²) in [6, 6.07) is 21.9. The maximum Gasteiger partial charge on any atom is 0.144 e. The van der Waals surface area contributed by atoms with E-state index in [1.165, 1.54) is 18.4 Å². The Balaban J connectivity index is 1.42. The summed E-state index contributed by atoms with van der Waals surface area (Å²) in [4.78, 5) is 4.54. The van der Waals surface area contributed by atoms with Gasteiger partial charge in [0, 0.05) is 35.8 Å². The summed E-state index contributed by atoms with van der Waals surface area (Å²) in [6.07, 6.45) is 6.17. The Morgan fingerprint density at radius 3 is 2.67 bits per heavy atom. The molecule has 6 nitrogen and oxygen atoms in total. The molecule has 7 heteroatoms. The van der Waals surface area contributed by atoms with E-state index >= 15 is 0 Å². The van der Waals surface area contributed by atoms with Gasteiger partial charge in [-0.15, -0.1) is 0 Å². The van der Waals surface area contributed by atoms with Gasteiger partial charge >= 0.3 is 0 Å². The van der Waals surface area contributed by atoms with Crippen LogP contribution in [0.25, 0.3) is 10.9 Å². The average Bonchev–Trinajstić information content (AvgIpc) is 2.97. The van der Waals surface area contributed by atoms with Crippen molar-refractivity contribution in [3.05, 3.63) is 95.2 Å². The first-order valence-corrected chi connectivity index (χ1v) is 14.1. The Bertz CT molecular complexity index is 1550. The number of nitrogens with one attached hydrogen (secondary N) is 2. The van der Waals surface area contributed by atoms with Crippen molar-refractivity contribution in [2.45, 2.75) is 39.2 Å². The van der Waals surface area contributed by atoms with Crippen LogP contribution in [0.15, 0.2) is 79.0 Å². The average molecular weight is 553 g/mol. The van der Waals surface area contributed by atoms with Crippen LogP contribution in [0, 0.1) is 17.2 Å². The Hall–Kier alpha value is -4.21. The summed E-state index contributed by atoms with van der Waals surface area (Å²) in [5, 5.41) is 18.1. The summed E-state index contributed by atoms with van der Waals surface area (Å²) in [5.74, 6) is 1.72. The van der Waals surface area contributed by atoms with Crippen molar-refractivity contribution in [2.75, 3.05) is 23.8 Å². The first-order valence-electron chi connectivity index (χ1n) is 13.7. The molecule has 204 valence electrons. The van der Waals surface area contributed by atoms with Gasteiger partial charge in [0.1, 0.15) is 17.6 Å². The molecule has 1 atom stereocenters. The van der Waals surface area contributed by atoms with Crippen LogP contribution in [0.5, 0.6) is 11.5 Å². The minimum absolute atomic E-state index is 0.371. The molecule has 1 fully saturated rings. The second-order valence-corrected chi connectivity index (χ2v) is 10.4. The summed E-state index contributed by atoms with van der Waals surface area (Å²) in [7, 11) is 0. The molecule has 0 bridgehead atoms. The molecular weight excluding hydrogens is 520 g/mol. The van der Waals surface area contributed by atoms with Crippen LogP contribution >= 0.6 is 11.6 Å². The van der Waals surface area contributed by atoms with Gasteiger partial charge in [-0.1, -0.05) is 60.5 Å². The van der Waals surface area contributed by atoms with E-state index in [9.17, 15) is 5.26 Å². The number of benzene rings is 3. The van der Waals surface area contributed by atoms with Gasteiger partial charge in [-0.25, -0.2) is 0 Å². The molecule has 4 aromatic rings. The molecule has 1 aromatic heterocycles. The summed E-state index contributed by atoms with van der Waals surface area (Å²) in [6.45, 7) is 7.90. The van der Waals surface area contributed by atoms with Crippen molar-refractivity contribution < 1.29 is 9.47 Å². The smallest absolute Gasteiger partial charge is 0.144 e. The predicted molar refractivity (Wildman–Crippen MR) is 163 cm³/mol. The maximum atomic E-state index is 9.91. The van der Waals surface area contributed by atoms with Crippen LogP contribution in [-0.2, 0) is 6.54 Å². The minimum atomic E-state index is 0.371. The molecule has 0 saturated heterocycles. The topological polar surface area (TPSA) is 79.2 Å². The zero-order chi connectivity index (χ0) is 27.9. The Kier molecular flexibility index (Phi) is 8.73. The molecule has 1 aliphatic carbocycles. The lowest BCUT2D eigenvalue weighted by Crippen LogP contribution is -2.17. The Morgan fingerprint density at radius 2 is 1.93 bits per heavy atom. The molecule has 0 aliphatic heterocycles. The fourth-order valence-electron chi connectivity index (χ4n) is 5.03. The zero-order valence-corrected chi connectivity index (χ0v) is 23.4. The van der Waals surface area contributed by atoms with E-state index < -0.39 is 0 Å². The summed E-state index contributed by atoms with van der Waals surface area (Å²) < 4.78 is 12.0. The van der Waals surface area contributed by atoms with Gasteiger partial charge in [-0.2, -0.15) is 5.26 Å². The third kappa shape index (κ3) is 6.32. The van der Waals surface area contributed by atoms with Crippen LogP contribution < -0.4 is 20.1 Å². The minimum Gasteiger partial charge on any atom is -0.492 e. The first-order chi connectivity index (χ1) is 19.6. The third-order valence-electron chi connectivity index (χ3n) is 7.23. The fraction of sp³-hybridized carbons (Fsp3) is 0.273. The third-order valence-corrected chi connectivity index (χ3v) is 7.53. The highest BCUT2D eigenvalue weighted by Gasteiger charge is 2.19. The van der Waals surface area contributed by atoms with E-state index in [1.54, 1.807) is 6.20 Å². The van der Waals surface area contributed by atoms with Crippen LogP contribution in [0.4, 0.5) is 17.1 Å². The van der Waals surface area contributed by atoms with Crippen molar-refractivity contribution in [3.8, 4) is 17.6 Å². The predicted octanol–water partition coefficient (Wildman–Crippen LogP) is 8.64. The fourth-order valence-corrected chi connectivity index (χ4v) is 5.26. The summed E-state index contributed by atoms with van der Waals surface area (Å²) in [5.41, 5.74) is 5.78. The molecule has 1 aliphatic rings. The van der Waals surface area contributed by atoms with E-state index in [0.717, 1.165) is 35.2 Å². The SMILES string of the molecule is C=C1CCCCC1COc1ccc(Nc2c(C#N)cnc3cc(OCC)c(NCc4ccccc4)cc23)cc1Cl. The van der Waals surface area contributed by atoms with Crippen LogP contribution in [0.1, 0.15) is 43.7 Å². The van der Waals surface area contributed by atoms with Crippen molar-refractivity contribution in [1.29, 1.82) is 5.26 Å². The van der Waals surface area contributed by atoms with Crippen molar-refractivity contribution in [2.24, 2.45) is 5.92 Å². The van der Waals surface area contributed by atoms with E-state index in [2.05, 4.69) is 40.4 Å². The number of nitriles is 1. The van der Waals surface area contributed by atoms with Gasteiger partial charge in [0.25, 0.3) is 0 Å². The Morgan fingerprint density at radius 1 is 1.07 bits per heavy atom. The van der Waals surface area contributed by atoms with Crippen molar-refractivity contribution in [3.63, 3.8) is 0 Å². The number of pyridine rings is 1. The molecule has 0 radical (unpaired) electrons. The Labute approximate surface area is 240 Å². The number of hydrogen-bond donors (Lipinski definition) is 2. The molecule has 2 N–H and O–H groups in total. The van der Waals surface area contributed by atoms with Crippen LogP contribution in [-0.4, -0.2) is 18.2 Å². The highest BCUT2D eigenvalue weighted by Crippen LogP contribution is 2.38. The number of anilines is 3. The van der Waals surface area contributed by atoms with Crippen molar-refractivity contribution in [1.82, 2.24) is 4.98 Å². The molecule has 0 spiro atoms.